The van der Waals surface area contributed by atoms with Crippen molar-refractivity contribution in [3.8, 4) is 5.75 Å². The van der Waals surface area contributed by atoms with Crippen molar-refractivity contribution in [3.05, 3.63) is 29.8 Å². The zero-order valence-corrected chi connectivity index (χ0v) is 12.0. The van der Waals surface area contributed by atoms with Crippen molar-refractivity contribution < 1.29 is 24.2 Å². The highest BCUT2D eigenvalue weighted by Crippen LogP contribution is 2.10. The Bertz CT molecular complexity index is 554. The first-order chi connectivity index (χ1) is 10.5. The number of carboxylic acid groups (broad SMARTS) is 1. The molecule has 0 atom stereocenters. The summed E-state index contributed by atoms with van der Waals surface area (Å²) in [7, 11) is 0. The van der Waals surface area contributed by atoms with E-state index in [1.165, 1.54) is 6.21 Å². The van der Waals surface area contributed by atoms with Gasteiger partial charge in [0.15, 0.2) is 0 Å². The molecule has 0 aliphatic rings. The van der Waals surface area contributed by atoms with Gasteiger partial charge in [0.05, 0.1) is 12.2 Å². The van der Waals surface area contributed by atoms with Crippen LogP contribution in [0.3, 0.4) is 0 Å². The third-order valence-corrected chi connectivity index (χ3v) is 2.36. The van der Waals surface area contributed by atoms with Gasteiger partial charge in [0, 0.05) is 6.54 Å². The van der Waals surface area contributed by atoms with E-state index in [0.29, 0.717) is 17.9 Å². The summed E-state index contributed by atoms with van der Waals surface area (Å²) in [5, 5.41) is 16.3. The quantitative estimate of drug-likeness (QED) is 0.372. The van der Waals surface area contributed by atoms with Gasteiger partial charge in [-0.2, -0.15) is 5.10 Å². The second-order valence-corrected chi connectivity index (χ2v) is 4.18. The molecule has 1 aromatic rings. The number of hydrazone groups is 1. The fourth-order valence-electron chi connectivity index (χ4n) is 1.33. The minimum Gasteiger partial charge on any atom is -0.546 e. The van der Waals surface area contributed by atoms with Crippen LogP contribution < -0.4 is 20.6 Å². The number of carbonyl (C=O) groups excluding carboxylic acids is 3. The Hall–Kier alpha value is -2.90. The maximum Gasteiger partial charge on any atom is 0.329 e. The van der Waals surface area contributed by atoms with E-state index >= 15 is 0 Å². The second kappa shape index (κ2) is 9.11. The van der Waals surface area contributed by atoms with Crippen LogP contribution >= 0.6 is 0 Å². The van der Waals surface area contributed by atoms with Crippen molar-refractivity contribution in [2.24, 2.45) is 5.10 Å². The monoisotopic (exact) mass is 306 g/mol. The summed E-state index contributed by atoms with van der Waals surface area (Å²) in [6, 6.07) is 6.30. The first-order valence-electron chi connectivity index (χ1n) is 6.57. The number of benzene rings is 1. The molecule has 0 aliphatic carbocycles. The Labute approximate surface area is 127 Å². The van der Waals surface area contributed by atoms with Crippen LogP contribution in [0.1, 0.15) is 18.9 Å². The molecule has 2 amide bonds. The van der Waals surface area contributed by atoms with Crippen LogP contribution in [0.4, 0.5) is 0 Å². The maximum atomic E-state index is 11.3. The normalized spacial score (nSPS) is 10.2. The van der Waals surface area contributed by atoms with E-state index in [4.69, 9.17) is 4.74 Å². The number of ether oxygens (including phenoxy) is 1. The van der Waals surface area contributed by atoms with Crippen molar-refractivity contribution in [2.75, 3.05) is 13.2 Å². The van der Waals surface area contributed by atoms with E-state index in [0.717, 1.165) is 6.42 Å². The number of aliphatic carboxylic acids is 1. The standard InChI is InChI=1S/C14H17N3O5/c1-2-7-15-13(20)14(21)17-16-8-10-3-5-11(6-4-10)22-9-12(18)19/h3-6,8H,2,7,9H2,1H3,(H,15,20)(H,17,21)(H,18,19)/p-1/b16-8-. The molecule has 0 saturated heterocycles. The summed E-state index contributed by atoms with van der Waals surface area (Å²) in [4.78, 5) is 32.8. The first kappa shape index (κ1) is 17.2. The van der Waals surface area contributed by atoms with Gasteiger partial charge in [-0.25, -0.2) is 5.43 Å². The summed E-state index contributed by atoms with van der Waals surface area (Å²) in [5.41, 5.74) is 2.73. The molecule has 2 N–H and O–H groups in total. The molecule has 0 radical (unpaired) electrons. The molecule has 1 aromatic carbocycles. The number of carboxylic acids is 1. The van der Waals surface area contributed by atoms with Gasteiger partial charge < -0.3 is 20.0 Å². The summed E-state index contributed by atoms with van der Waals surface area (Å²) in [5.74, 6) is -2.54. The Balaban J connectivity index is 2.44. The molecule has 0 bridgehead atoms. The summed E-state index contributed by atoms with van der Waals surface area (Å²) in [6.07, 6.45) is 2.07. The van der Waals surface area contributed by atoms with Gasteiger partial charge in [-0.3, -0.25) is 9.59 Å². The zero-order chi connectivity index (χ0) is 16.4. The highest BCUT2D eigenvalue weighted by molar-refractivity contribution is 6.35. The molecule has 1 rings (SSSR count). The van der Waals surface area contributed by atoms with Gasteiger partial charge in [-0.1, -0.05) is 6.92 Å². The fourth-order valence-corrected chi connectivity index (χ4v) is 1.33. The van der Waals surface area contributed by atoms with E-state index in [2.05, 4.69) is 15.8 Å². The van der Waals surface area contributed by atoms with Crippen molar-refractivity contribution in [2.45, 2.75) is 13.3 Å². The lowest BCUT2D eigenvalue weighted by Crippen LogP contribution is -2.38. The Kier molecular flexibility index (Phi) is 7.10. The van der Waals surface area contributed by atoms with Crippen LogP contribution in [0.15, 0.2) is 29.4 Å². The fraction of sp³-hybridized carbons (Fsp3) is 0.286. The third kappa shape index (κ3) is 6.51. The van der Waals surface area contributed by atoms with Crippen LogP contribution in [0.5, 0.6) is 5.75 Å². The molecule has 0 heterocycles. The molecular formula is C14H16N3O5-. The van der Waals surface area contributed by atoms with Crippen molar-refractivity contribution >= 4 is 24.0 Å². The number of hydrogen-bond donors (Lipinski definition) is 2. The molecule has 0 aromatic heterocycles. The van der Waals surface area contributed by atoms with E-state index in [9.17, 15) is 19.5 Å². The molecule has 0 unspecified atom stereocenters. The van der Waals surface area contributed by atoms with E-state index in [-0.39, 0.29) is 0 Å². The maximum absolute atomic E-state index is 11.3. The summed E-state index contributed by atoms with van der Waals surface area (Å²) >= 11 is 0. The minimum atomic E-state index is -1.31. The predicted octanol–water partition coefficient (Wildman–Crippen LogP) is -1.21. The van der Waals surface area contributed by atoms with Crippen molar-refractivity contribution in [1.82, 2.24) is 10.7 Å². The van der Waals surface area contributed by atoms with Gasteiger partial charge in [0.2, 0.25) is 0 Å². The topological polar surface area (TPSA) is 120 Å². The largest absolute Gasteiger partial charge is 0.546 e. The average molecular weight is 306 g/mol. The molecule has 0 spiro atoms. The van der Waals surface area contributed by atoms with Crippen molar-refractivity contribution in [3.63, 3.8) is 0 Å². The summed E-state index contributed by atoms with van der Waals surface area (Å²) in [6.45, 7) is 1.76. The zero-order valence-electron chi connectivity index (χ0n) is 12.0. The van der Waals surface area contributed by atoms with E-state index in [1.54, 1.807) is 24.3 Å². The number of rotatable bonds is 7. The average Bonchev–Trinajstić information content (AvgIpc) is 2.51. The Morgan fingerprint density at radius 2 is 1.91 bits per heavy atom. The van der Waals surface area contributed by atoms with Crippen LogP contribution in [0, 0.1) is 0 Å². The molecule has 22 heavy (non-hydrogen) atoms. The SMILES string of the molecule is CCCNC(=O)C(=O)N/N=C\c1ccc(OCC(=O)[O-])cc1. The van der Waals surface area contributed by atoms with Gasteiger partial charge >= 0.3 is 11.8 Å². The highest BCUT2D eigenvalue weighted by atomic mass is 16.5. The molecule has 0 aliphatic heterocycles. The smallest absolute Gasteiger partial charge is 0.329 e. The van der Waals surface area contributed by atoms with Crippen LogP contribution in [0.25, 0.3) is 0 Å². The van der Waals surface area contributed by atoms with Crippen LogP contribution in [-0.4, -0.2) is 37.1 Å². The van der Waals surface area contributed by atoms with Crippen LogP contribution in [-0.2, 0) is 14.4 Å². The van der Waals surface area contributed by atoms with Gasteiger partial charge in [0.25, 0.3) is 0 Å². The van der Waals surface area contributed by atoms with Crippen LogP contribution in [0.2, 0.25) is 0 Å². The number of hydrogen-bond acceptors (Lipinski definition) is 6. The number of nitrogens with one attached hydrogen (secondary N) is 2. The van der Waals surface area contributed by atoms with E-state index < -0.39 is 24.4 Å². The molecule has 8 nitrogen and oxygen atoms in total. The lowest BCUT2D eigenvalue weighted by atomic mass is 10.2. The Morgan fingerprint density at radius 3 is 2.50 bits per heavy atom. The van der Waals surface area contributed by atoms with E-state index in [1.807, 2.05) is 6.92 Å². The lowest BCUT2D eigenvalue weighted by Gasteiger charge is -2.06. The molecule has 0 fully saturated rings. The van der Waals surface area contributed by atoms with Gasteiger partial charge in [-0.15, -0.1) is 0 Å². The summed E-state index contributed by atoms with van der Waals surface area (Å²) < 4.78 is 4.90. The number of nitrogens with zero attached hydrogens (tertiary/aromatic N) is 1. The first-order valence-corrected chi connectivity index (χ1v) is 6.57. The molecular weight excluding hydrogens is 290 g/mol. The number of amides is 2. The van der Waals surface area contributed by atoms with Gasteiger partial charge in [0.1, 0.15) is 12.4 Å². The highest BCUT2D eigenvalue weighted by Gasteiger charge is 2.10. The second-order valence-electron chi connectivity index (χ2n) is 4.18. The molecule has 8 heteroatoms. The predicted molar refractivity (Wildman–Crippen MR) is 76.0 cm³/mol. The Morgan fingerprint density at radius 1 is 1.23 bits per heavy atom. The molecule has 0 saturated carbocycles. The minimum absolute atomic E-state index is 0.365. The number of carbonyl (C=O) groups is 3. The lowest BCUT2D eigenvalue weighted by molar-refractivity contribution is -0.307. The van der Waals surface area contributed by atoms with Gasteiger partial charge in [-0.05, 0) is 36.2 Å². The molecule has 118 valence electrons. The third-order valence-electron chi connectivity index (χ3n) is 2.36. The van der Waals surface area contributed by atoms with Crippen molar-refractivity contribution in [1.29, 1.82) is 0 Å².